The predicted octanol–water partition coefficient (Wildman–Crippen LogP) is 0.894. The maximum absolute atomic E-state index is 8.67. The predicted molar refractivity (Wildman–Crippen MR) is 56.7 cm³/mol. The molecule has 0 fully saturated rings. The van der Waals surface area contributed by atoms with Crippen molar-refractivity contribution in [1.82, 2.24) is 4.98 Å². The fourth-order valence-corrected chi connectivity index (χ4v) is 1.04. The van der Waals surface area contributed by atoms with E-state index in [0.29, 0.717) is 12.3 Å². The van der Waals surface area contributed by atoms with Gasteiger partial charge in [-0.25, -0.2) is 4.98 Å². The first-order valence-electron chi connectivity index (χ1n) is 4.14. The highest BCUT2D eigenvalue weighted by Crippen LogP contribution is 2.14. The highest BCUT2D eigenvalue weighted by atomic mass is 35.5. The van der Waals surface area contributed by atoms with E-state index in [1.54, 1.807) is 19.4 Å². The number of nitrogens with zero attached hydrogens (tertiary/aromatic N) is 1. The van der Waals surface area contributed by atoms with E-state index >= 15 is 0 Å². The summed E-state index contributed by atoms with van der Waals surface area (Å²) in [6, 6.07) is 3.46. The van der Waals surface area contributed by atoms with Crippen LogP contribution in [-0.4, -0.2) is 23.8 Å². The Hall–Kier alpha value is -0.840. The number of hydrogen-bond acceptors (Lipinski definition) is 4. The lowest BCUT2D eigenvalue weighted by molar-refractivity contribution is 0.276. The molecule has 14 heavy (non-hydrogen) atoms. The van der Waals surface area contributed by atoms with Gasteiger partial charge in [-0.05, 0) is 12.0 Å². The van der Waals surface area contributed by atoms with Crippen molar-refractivity contribution >= 4 is 12.4 Å². The number of halogens is 1. The molecule has 1 rings (SSSR count). The summed E-state index contributed by atoms with van der Waals surface area (Å²) in [7, 11) is 1.57. The Morgan fingerprint density at radius 1 is 1.57 bits per heavy atom. The average molecular weight is 219 g/mol. The molecule has 4 nitrogen and oxygen atoms in total. The quantitative estimate of drug-likeness (QED) is 0.788. The molecule has 0 bridgehead atoms. The van der Waals surface area contributed by atoms with E-state index in [0.717, 1.165) is 5.56 Å². The average Bonchev–Trinajstić information content (AvgIpc) is 2.18. The summed E-state index contributed by atoms with van der Waals surface area (Å²) >= 11 is 0. The van der Waals surface area contributed by atoms with Crippen LogP contribution in [0.25, 0.3) is 0 Å². The number of rotatable bonds is 4. The van der Waals surface area contributed by atoms with Crippen LogP contribution in [0.2, 0.25) is 0 Å². The molecule has 80 valence electrons. The lowest BCUT2D eigenvalue weighted by Gasteiger charge is -2.09. The van der Waals surface area contributed by atoms with Gasteiger partial charge in [-0.15, -0.1) is 12.4 Å². The SMILES string of the molecule is COc1ccc([C@@H](N)CCO)cn1.Cl. The summed E-state index contributed by atoms with van der Waals surface area (Å²) in [6.07, 6.45) is 2.22. The van der Waals surface area contributed by atoms with Crippen LogP contribution in [0.3, 0.4) is 0 Å². The van der Waals surface area contributed by atoms with Crippen LogP contribution in [0, 0.1) is 0 Å². The van der Waals surface area contributed by atoms with Crippen molar-refractivity contribution in [2.75, 3.05) is 13.7 Å². The topological polar surface area (TPSA) is 68.4 Å². The first-order valence-corrected chi connectivity index (χ1v) is 4.14. The summed E-state index contributed by atoms with van der Waals surface area (Å²) in [5.74, 6) is 0.569. The first kappa shape index (κ1) is 13.2. The van der Waals surface area contributed by atoms with Crippen molar-refractivity contribution in [3.8, 4) is 5.88 Å². The number of methoxy groups -OCH3 is 1. The number of nitrogens with two attached hydrogens (primary N) is 1. The first-order chi connectivity index (χ1) is 6.27. The van der Waals surface area contributed by atoms with Crippen molar-refractivity contribution < 1.29 is 9.84 Å². The van der Waals surface area contributed by atoms with E-state index in [4.69, 9.17) is 15.6 Å². The van der Waals surface area contributed by atoms with Crippen LogP contribution in [-0.2, 0) is 0 Å². The Balaban J connectivity index is 0.00000169. The summed E-state index contributed by atoms with van der Waals surface area (Å²) < 4.78 is 4.91. The summed E-state index contributed by atoms with van der Waals surface area (Å²) in [4.78, 5) is 4.02. The summed E-state index contributed by atoms with van der Waals surface area (Å²) in [6.45, 7) is 0.0905. The number of aliphatic hydroxyl groups excluding tert-OH is 1. The minimum atomic E-state index is -0.150. The molecule has 1 aromatic rings. The second-order valence-electron chi connectivity index (χ2n) is 2.75. The van der Waals surface area contributed by atoms with Gasteiger partial charge in [0, 0.05) is 24.9 Å². The molecule has 1 heterocycles. The van der Waals surface area contributed by atoms with Crippen molar-refractivity contribution in [1.29, 1.82) is 0 Å². The highest BCUT2D eigenvalue weighted by Gasteiger charge is 2.05. The minimum Gasteiger partial charge on any atom is -0.481 e. The zero-order valence-corrected chi connectivity index (χ0v) is 8.83. The third kappa shape index (κ3) is 3.49. The maximum Gasteiger partial charge on any atom is 0.212 e. The number of ether oxygens (including phenoxy) is 1. The monoisotopic (exact) mass is 218 g/mol. The standard InChI is InChI=1S/C9H14N2O2.ClH/c1-13-9-3-2-7(6-11-9)8(10)4-5-12;/h2-3,6,8,12H,4-5,10H2,1H3;1H/t8-;/m0./s1. The van der Waals surface area contributed by atoms with E-state index in [1.807, 2.05) is 6.07 Å². The molecule has 0 amide bonds. The molecule has 0 unspecified atom stereocenters. The Morgan fingerprint density at radius 2 is 2.29 bits per heavy atom. The van der Waals surface area contributed by atoms with E-state index in [2.05, 4.69) is 4.98 Å². The molecule has 3 N–H and O–H groups in total. The molecule has 1 atom stereocenters. The van der Waals surface area contributed by atoms with Crippen molar-refractivity contribution in [2.24, 2.45) is 5.73 Å². The maximum atomic E-state index is 8.67. The summed E-state index contributed by atoms with van der Waals surface area (Å²) in [5.41, 5.74) is 6.67. The smallest absolute Gasteiger partial charge is 0.212 e. The molecule has 1 aromatic heterocycles. The molecule has 0 saturated heterocycles. The van der Waals surface area contributed by atoms with Crippen LogP contribution in [0.5, 0.6) is 5.88 Å². The Bertz CT molecular complexity index is 253. The van der Waals surface area contributed by atoms with Crippen LogP contribution < -0.4 is 10.5 Å². The molecule has 0 aliphatic carbocycles. The van der Waals surface area contributed by atoms with E-state index < -0.39 is 0 Å². The minimum absolute atomic E-state index is 0. The third-order valence-electron chi connectivity index (χ3n) is 1.84. The fraction of sp³-hybridized carbons (Fsp3) is 0.444. The van der Waals surface area contributed by atoms with Crippen LogP contribution in [0.1, 0.15) is 18.0 Å². The van der Waals surface area contributed by atoms with Crippen LogP contribution in [0.4, 0.5) is 0 Å². The largest absolute Gasteiger partial charge is 0.481 e. The van der Waals surface area contributed by atoms with Gasteiger partial charge in [-0.1, -0.05) is 6.07 Å². The lowest BCUT2D eigenvalue weighted by Crippen LogP contribution is -2.12. The fourth-order valence-electron chi connectivity index (χ4n) is 1.04. The molecular weight excluding hydrogens is 204 g/mol. The van der Waals surface area contributed by atoms with Gasteiger partial charge < -0.3 is 15.6 Å². The molecule has 5 heteroatoms. The van der Waals surface area contributed by atoms with Crippen molar-refractivity contribution in [3.63, 3.8) is 0 Å². The van der Waals surface area contributed by atoms with Crippen LogP contribution in [0.15, 0.2) is 18.3 Å². The molecular formula is C9H15ClN2O2. The van der Waals surface area contributed by atoms with Crippen LogP contribution >= 0.6 is 12.4 Å². The number of hydrogen-bond donors (Lipinski definition) is 2. The van der Waals surface area contributed by atoms with E-state index in [1.165, 1.54) is 0 Å². The van der Waals surface area contributed by atoms with Gasteiger partial charge in [0.2, 0.25) is 5.88 Å². The molecule has 0 aliphatic rings. The second-order valence-corrected chi connectivity index (χ2v) is 2.75. The van der Waals surface area contributed by atoms with Gasteiger partial charge in [0.25, 0.3) is 0 Å². The number of aromatic nitrogens is 1. The molecule has 0 spiro atoms. The summed E-state index contributed by atoms with van der Waals surface area (Å²) in [5, 5.41) is 8.67. The zero-order valence-electron chi connectivity index (χ0n) is 8.01. The Morgan fingerprint density at radius 3 is 2.71 bits per heavy atom. The number of aliphatic hydroxyl groups is 1. The van der Waals surface area contributed by atoms with Gasteiger partial charge in [-0.2, -0.15) is 0 Å². The number of pyridine rings is 1. The van der Waals surface area contributed by atoms with Gasteiger partial charge in [0.05, 0.1) is 7.11 Å². The van der Waals surface area contributed by atoms with E-state index in [-0.39, 0.29) is 25.1 Å². The van der Waals surface area contributed by atoms with Gasteiger partial charge in [-0.3, -0.25) is 0 Å². The zero-order chi connectivity index (χ0) is 9.68. The third-order valence-corrected chi connectivity index (χ3v) is 1.84. The van der Waals surface area contributed by atoms with Gasteiger partial charge >= 0.3 is 0 Å². The molecule has 0 radical (unpaired) electrons. The van der Waals surface area contributed by atoms with Gasteiger partial charge in [0.15, 0.2) is 0 Å². The van der Waals surface area contributed by atoms with E-state index in [9.17, 15) is 0 Å². The Labute approximate surface area is 89.5 Å². The Kier molecular flexibility index (Phi) is 6.19. The van der Waals surface area contributed by atoms with Crippen molar-refractivity contribution in [3.05, 3.63) is 23.9 Å². The van der Waals surface area contributed by atoms with Gasteiger partial charge in [0.1, 0.15) is 0 Å². The highest BCUT2D eigenvalue weighted by molar-refractivity contribution is 5.85. The lowest BCUT2D eigenvalue weighted by atomic mass is 10.1. The normalized spacial score (nSPS) is 11.6. The second kappa shape index (κ2) is 6.59. The molecule has 0 aromatic carbocycles. The molecule has 0 aliphatic heterocycles. The van der Waals surface area contributed by atoms with Crippen molar-refractivity contribution in [2.45, 2.75) is 12.5 Å². The molecule has 0 saturated carbocycles.